The van der Waals surface area contributed by atoms with Gasteiger partial charge in [0.05, 0.1) is 5.56 Å². The lowest BCUT2D eigenvalue weighted by Gasteiger charge is -2.25. The molecule has 0 fully saturated rings. The van der Waals surface area contributed by atoms with Gasteiger partial charge in [-0.15, -0.1) is 0 Å². The number of hydrogen-bond donors (Lipinski definition) is 2. The Bertz CT molecular complexity index is 970. The highest BCUT2D eigenvalue weighted by Gasteiger charge is 2.21. The first kappa shape index (κ1) is 29.7. The van der Waals surface area contributed by atoms with Gasteiger partial charge in [-0.1, -0.05) is 80.4 Å². The molecule has 4 heteroatoms. The molecule has 2 rings (SSSR count). The molecule has 2 N–H and O–H groups in total. The van der Waals surface area contributed by atoms with Crippen LogP contribution in [0.4, 0.5) is 5.69 Å². The molecule has 0 aliphatic heterocycles. The average molecular weight is 495 g/mol. The molecule has 0 spiro atoms. The van der Waals surface area contributed by atoms with Crippen molar-refractivity contribution in [3.63, 3.8) is 0 Å². The van der Waals surface area contributed by atoms with Crippen molar-refractivity contribution in [2.75, 3.05) is 18.4 Å². The standard InChI is InChI=1S/C32H50N2O2/c1-10-12-14-34(15-13-11-2)32(36)29-19-26(16-24(9)31(29)35)33-20-30-27(22(5)6)17-25(21(3)4)18-28(30)23(7)8/h16-19,21-23,33,35H,10-15,20H2,1-9H3. The molecule has 0 radical (unpaired) electrons. The topological polar surface area (TPSA) is 52.6 Å². The minimum atomic E-state index is -0.0758. The number of carbonyl (C=O) groups is 1. The largest absolute Gasteiger partial charge is 0.507 e. The number of nitrogens with one attached hydrogen (secondary N) is 1. The fourth-order valence-electron chi connectivity index (χ4n) is 4.73. The summed E-state index contributed by atoms with van der Waals surface area (Å²) in [5, 5.41) is 14.4. The molecule has 0 aromatic heterocycles. The third-order valence-electron chi connectivity index (χ3n) is 7.10. The van der Waals surface area contributed by atoms with Crippen LogP contribution >= 0.6 is 0 Å². The number of phenolic OH excluding ortho intramolecular Hbond substituents is 1. The summed E-state index contributed by atoms with van der Waals surface area (Å²) in [6.07, 6.45) is 4.01. The summed E-state index contributed by atoms with van der Waals surface area (Å²) < 4.78 is 0. The summed E-state index contributed by atoms with van der Waals surface area (Å²) in [5.74, 6) is 1.34. The van der Waals surface area contributed by atoms with Gasteiger partial charge >= 0.3 is 0 Å². The quantitative estimate of drug-likeness (QED) is 0.274. The van der Waals surface area contributed by atoms with Gasteiger partial charge in [-0.25, -0.2) is 0 Å². The number of anilines is 1. The number of benzene rings is 2. The molecule has 0 saturated heterocycles. The molecule has 0 bridgehead atoms. The fraction of sp³-hybridized carbons (Fsp3) is 0.594. The van der Waals surface area contributed by atoms with Gasteiger partial charge in [0.2, 0.25) is 0 Å². The fourth-order valence-corrected chi connectivity index (χ4v) is 4.73. The molecule has 0 atom stereocenters. The number of nitrogens with zero attached hydrogens (tertiary/aromatic N) is 1. The van der Waals surface area contributed by atoms with E-state index < -0.39 is 0 Å². The maximum Gasteiger partial charge on any atom is 0.257 e. The van der Waals surface area contributed by atoms with Crippen LogP contribution in [0.5, 0.6) is 5.75 Å². The van der Waals surface area contributed by atoms with Crippen molar-refractivity contribution in [3.05, 3.63) is 57.6 Å². The Morgan fingerprint density at radius 2 is 1.39 bits per heavy atom. The smallest absolute Gasteiger partial charge is 0.257 e. The number of carbonyl (C=O) groups excluding carboxylic acids is 1. The number of phenols is 1. The predicted octanol–water partition coefficient (Wildman–Crippen LogP) is 8.73. The van der Waals surface area contributed by atoms with Crippen LogP contribution in [0.15, 0.2) is 24.3 Å². The second kappa shape index (κ2) is 13.7. The summed E-state index contributed by atoms with van der Waals surface area (Å²) in [5.41, 5.74) is 7.49. The Labute approximate surface area is 220 Å². The van der Waals surface area contributed by atoms with E-state index in [1.54, 1.807) is 0 Å². The summed E-state index contributed by atoms with van der Waals surface area (Å²) in [7, 11) is 0. The minimum Gasteiger partial charge on any atom is -0.507 e. The van der Waals surface area contributed by atoms with Crippen molar-refractivity contribution in [3.8, 4) is 5.75 Å². The van der Waals surface area contributed by atoms with E-state index in [0.717, 1.165) is 50.0 Å². The van der Waals surface area contributed by atoms with E-state index >= 15 is 0 Å². The number of rotatable bonds is 13. The van der Waals surface area contributed by atoms with E-state index in [9.17, 15) is 9.90 Å². The van der Waals surface area contributed by atoms with Crippen molar-refractivity contribution < 1.29 is 9.90 Å². The van der Waals surface area contributed by atoms with E-state index in [1.807, 2.05) is 24.0 Å². The number of unbranched alkanes of at least 4 members (excludes halogenated alkanes) is 2. The van der Waals surface area contributed by atoms with E-state index in [1.165, 1.54) is 22.3 Å². The number of hydrogen-bond acceptors (Lipinski definition) is 3. The van der Waals surface area contributed by atoms with E-state index in [4.69, 9.17) is 0 Å². The zero-order valence-electron chi connectivity index (χ0n) is 24.3. The lowest BCUT2D eigenvalue weighted by Crippen LogP contribution is -2.33. The second-order valence-electron chi connectivity index (χ2n) is 11.2. The third kappa shape index (κ3) is 7.51. The van der Waals surface area contributed by atoms with Crippen LogP contribution in [0, 0.1) is 6.92 Å². The van der Waals surface area contributed by atoms with Crippen LogP contribution < -0.4 is 5.32 Å². The molecule has 0 unspecified atom stereocenters. The van der Waals surface area contributed by atoms with Crippen LogP contribution in [-0.2, 0) is 6.54 Å². The van der Waals surface area contributed by atoms with Crippen molar-refractivity contribution in [2.24, 2.45) is 0 Å². The summed E-state index contributed by atoms with van der Waals surface area (Å²) in [6, 6.07) is 8.52. The van der Waals surface area contributed by atoms with Gasteiger partial charge in [-0.2, -0.15) is 0 Å². The van der Waals surface area contributed by atoms with Gasteiger partial charge < -0.3 is 15.3 Å². The van der Waals surface area contributed by atoms with Crippen LogP contribution in [0.25, 0.3) is 0 Å². The Morgan fingerprint density at radius 1 is 0.861 bits per heavy atom. The van der Waals surface area contributed by atoms with Gasteiger partial charge in [-0.3, -0.25) is 4.79 Å². The van der Waals surface area contributed by atoms with E-state index in [-0.39, 0.29) is 11.7 Å². The second-order valence-corrected chi connectivity index (χ2v) is 11.2. The average Bonchev–Trinajstić information content (AvgIpc) is 2.83. The zero-order chi connectivity index (χ0) is 27.0. The number of amides is 1. The highest BCUT2D eigenvalue weighted by Crippen LogP contribution is 2.34. The molecule has 2 aromatic rings. The summed E-state index contributed by atoms with van der Waals surface area (Å²) >= 11 is 0. The SMILES string of the molecule is CCCCN(CCCC)C(=O)c1cc(NCc2c(C(C)C)cc(C(C)C)cc2C(C)C)cc(C)c1O. The molecule has 0 heterocycles. The Morgan fingerprint density at radius 3 is 1.83 bits per heavy atom. The van der Waals surface area contributed by atoms with Gasteiger partial charge in [0.1, 0.15) is 5.75 Å². The first-order valence-corrected chi connectivity index (χ1v) is 14.0. The van der Waals surface area contributed by atoms with Gasteiger partial charge in [-0.05, 0) is 77.5 Å². The van der Waals surface area contributed by atoms with Crippen molar-refractivity contribution in [1.29, 1.82) is 0 Å². The molecule has 0 saturated carbocycles. The highest BCUT2D eigenvalue weighted by molar-refractivity contribution is 5.98. The summed E-state index contributed by atoms with van der Waals surface area (Å²) in [6.45, 7) is 21.8. The zero-order valence-corrected chi connectivity index (χ0v) is 24.3. The van der Waals surface area contributed by atoms with Crippen molar-refractivity contribution in [1.82, 2.24) is 4.90 Å². The first-order valence-electron chi connectivity index (χ1n) is 14.0. The Balaban J connectivity index is 2.43. The molecule has 0 aliphatic rings. The molecule has 0 aliphatic carbocycles. The monoisotopic (exact) mass is 494 g/mol. The Kier molecular flexibility index (Phi) is 11.3. The van der Waals surface area contributed by atoms with Gasteiger partial charge in [0.25, 0.3) is 5.91 Å². The molecule has 200 valence electrons. The van der Waals surface area contributed by atoms with E-state index in [2.05, 4.69) is 72.8 Å². The normalized spacial score (nSPS) is 11.6. The van der Waals surface area contributed by atoms with Crippen LogP contribution in [-0.4, -0.2) is 29.0 Å². The third-order valence-corrected chi connectivity index (χ3v) is 7.10. The highest BCUT2D eigenvalue weighted by atomic mass is 16.3. The molecular weight excluding hydrogens is 444 g/mol. The maximum absolute atomic E-state index is 13.5. The molecule has 4 nitrogen and oxygen atoms in total. The van der Waals surface area contributed by atoms with Gasteiger partial charge in [0, 0.05) is 25.3 Å². The van der Waals surface area contributed by atoms with Crippen molar-refractivity contribution in [2.45, 2.75) is 112 Å². The lowest BCUT2D eigenvalue weighted by atomic mass is 9.84. The number of aromatic hydroxyl groups is 1. The van der Waals surface area contributed by atoms with Crippen LogP contribution in [0.2, 0.25) is 0 Å². The van der Waals surface area contributed by atoms with Crippen LogP contribution in [0.1, 0.15) is 137 Å². The predicted molar refractivity (Wildman–Crippen MR) is 155 cm³/mol. The molecular formula is C32H50N2O2. The van der Waals surface area contributed by atoms with E-state index in [0.29, 0.717) is 29.9 Å². The first-order chi connectivity index (χ1) is 17.0. The summed E-state index contributed by atoms with van der Waals surface area (Å²) in [4.78, 5) is 15.4. The Hall–Kier alpha value is -2.49. The lowest BCUT2D eigenvalue weighted by molar-refractivity contribution is 0.0748. The molecule has 1 amide bonds. The van der Waals surface area contributed by atoms with Crippen LogP contribution in [0.3, 0.4) is 0 Å². The van der Waals surface area contributed by atoms with Crippen molar-refractivity contribution >= 4 is 11.6 Å². The maximum atomic E-state index is 13.5. The molecule has 36 heavy (non-hydrogen) atoms. The minimum absolute atomic E-state index is 0.0758. The number of aryl methyl sites for hydroxylation is 1. The molecule has 2 aromatic carbocycles. The van der Waals surface area contributed by atoms with Gasteiger partial charge in [0.15, 0.2) is 0 Å².